The Morgan fingerprint density at radius 1 is 1.40 bits per heavy atom. The molecule has 1 rings (SSSR count). The molecule has 0 aromatic carbocycles. The molecule has 0 N–H and O–H groups in total. The Bertz CT molecular complexity index is 310. The topological polar surface area (TPSA) is 34.1 Å². The van der Waals surface area contributed by atoms with Crippen LogP contribution >= 0.6 is 0 Å². The summed E-state index contributed by atoms with van der Waals surface area (Å²) in [5.41, 5.74) is 0.870. The Balaban J connectivity index is 3.01. The van der Waals surface area contributed by atoms with Gasteiger partial charge in [-0.15, -0.1) is 0 Å². The van der Waals surface area contributed by atoms with Gasteiger partial charge in [-0.25, -0.2) is 0 Å². The van der Waals surface area contributed by atoms with Crippen LogP contribution in [-0.2, 0) is 10.3 Å². The van der Waals surface area contributed by atoms with E-state index in [0.29, 0.717) is 11.3 Å². The van der Waals surface area contributed by atoms with Gasteiger partial charge >= 0.3 is 0 Å². The van der Waals surface area contributed by atoms with Gasteiger partial charge in [0, 0.05) is 6.42 Å². The van der Waals surface area contributed by atoms with Gasteiger partial charge < -0.3 is 0 Å². The Hall–Kier alpha value is -0.830. The molecule has 0 fully saturated rings. The van der Waals surface area contributed by atoms with Crippen LogP contribution in [0.5, 0.6) is 0 Å². The zero-order chi connectivity index (χ0) is 7.56. The zero-order valence-corrected chi connectivity index (χ0v) is 6.19. The van der Waals surface area contributed by atoms with Gasteiger partial charge in [0.2, 0.25) is 10.3 Å². The first kappa shape index (κ1) is 7.28. The second-order valence-electron chi connectivity index (χ2n) is 2.02. The van der Waals surface area contributed by atoms with E-state index < -0.39 is 10.3 Å². The van der Waals surface area contributed by atoms with E-state index in [2.05, 4.69) is 6.92 Å². The molecule has 0 saturated heterocycles. The highest BCUT2D eigenvalue weighted by Gasteiger charge is 1.98. The highest BCUT2D eigenvalue weighted by molar-refractivity contribution is 7.73. The largest absolute Gasteiger partial charge is 0.217 e. The highest BCUT2D eigenvalue weighted by atomic mass is 32.2. The normalized spacial score (nSPS) is 16.9. The fourth-order valence-electron chi connectivity index (χ4n) is 0.691. The van der Waals surface area contributed by atoms with E-state index in [1.54, 1.807) is 18.2 Å². The molecule has 3 heteroatoms. The van der Waals surface area contributed by atoms with Crippen LogP contribution in [0.1, 0.15) is 6.42 Å². The first-order valence-corrected chi connectivity index (χ1v) is 3.93. The van der Waals surface area contributed by atoms with E-state index in [9.17, 15) is 8.42 Å². The summed E-state index contributed by atoms with van der Waals surface area (Å²) in [7, 11) is -2.06. The minimum atomic E-state index is -2.06. The monoisotopic (exact) mass is 155 g/mol. The minimum Gasteiger partial charge on any atom is -0.184 e. The summed E-state index contributed by atoms with van der Waals surface area (Å²) >= 11 is 0. The lowest BCUT2D eigenvalue weighted by molar-refractivity contribution is 0.627. The van der Waals surface area contributed by atoms with E-state index in [0.717, 1.165) is 5.57 Å². The second kappa shape index (κ2) is 2.84. The summed E-state index contributed by atoms with van der Waals surface area (Å²) in [6.45, 7) is 3.65. The third-order valence-corrected chi connectivity index (χ3v) is 1.99. The number of hydrogen-bond donors (Lipinski definition) is 0. The molecule has 0 unspecified atom stereocenters. The molecule has 2 nitrogen and oxygen atoms in total. The maximum atomic E-state index is 10.3. The fourth-order valence-corrected chi connectivity index (χ4v) is 1.09. The molecule has 10 heavy (non-hydrogen) atoms. The van der Waals surface area contributed by atoms with Gasteiger partial charge in [0.05, 0.1) is 4.86 Å². The Morgan fingerprint density at radius 3 is 2.50 bits per heavy atom. The predicted octanol–water partition coefficient (Wildman–Crippen LogP) is 0.758. The van der Waals surface area contributed by atoms with Gasteiger partial charge in [0.25, 0.3) is 0 Å². The van der Waals surface area contributed by atoms with Crippen LogP contribution in [0.3, 0.4) is 0 Å². The second-order valence-corrected chi connectivity index (χ2v) is 3.01. The highest BCUT2D eigenvalue weighted by Crippen LogP contribution is 2.04. The number of allylic oxidation sites excluding steroid dienone is 4. The summed E-state index contributed by atoms with van der Waals surface area (Å²) in [6, 6.07) is 0. The summed E-state index contributed by atoms with van der Waals surface area (Å²) in [4.78, 5) is 0.424. The van der Waals surface area contributed by atoms with Crippen molar-refractivity contribution >= 4 is 15.2 Å². The van der Waals surface area contributed by atoms with Crippen LogP contribution in [0, 0.1) is 6.92 Å². The van der Waals surface area contributed by atoms with Crippen molar-refractivity contribution in [3.8, 4) is 0 Å². The van der Waals surface area contributed by atoms with E-state index in [-0.39, 0.29) is 0 Å². The summed E-state index contributed by atoms with van der Waals surface area (Å²) in [6.07, 6.45) is 5.52. The Morgan fingerprint density at radius 2 is 2.10 bits per heavy atom. The lowest BCUT2D eigenvalue weighted by atomic mass is 10.1. The van der Waals surface area contributed by atoms with Crippen molar-refractivity contribution in [3.05, 3.63) is 30.7 Å². The standard InChI is InChI=1S/C7H7O2S/c1-6-2-4-7(5-3-6)10(8)9/h2-4H,1,5H2. The number of hydrogen-bond acceptors (Lipinski definition) is 2. The van der Waals surface area contributed by atoms with Crippen molar-refractivity contribution < 1.29 is 8.42 Å². The maximum Gasteiger partial charge on any atom is 0.217 e. The lowest BCUT2D eigenvalue weighted by Crippen LogP contribution is -1.97. The van der Waals surface area contributed by atoms with E-state index in [1.807, 2.05) is 0 Å². The quantitative estimate of drug-likeness (QED) is 0.484. The predicted molar refractivity (Wildman–Crippen MR) is 41.1 cm³/mol. The average Bonchev–Trinajstić information content (AvgIpc) is 1.88. The van der Waals surface area contributed by atoms with Crippen molar-refractivity contribution in [2.75, 3.05) is 0 Å². The van der Waals surface area contributed by atoms with Crippen LogP contribution in [-0.4, -0.2) is 13.3 Å². The summed E-state index contributed by atoms with van der Waals surface area (Å²) < 4.78 is 20.6. The number of rotatable bonds is 0. The minimum absolute atomic E-state index is 0.424. The molecule has 0 amide bonds. The molecule has 0 spiro atoms. The van der Waals surface area contributed by atoms with Gasteiger partial charge in [-0.05, 0) is 13.0 Å². The zero-order valence-electron chi connectivity index (χ0n) is 5.37. The smallest absolute Gasteiger partial charge is 0.184 e. The first-order chi connectivity index (χ1) is 4.70. The molecule has 53 valence electrons. The fraction of sp³-hybridized carbons (Fsp3) is 0.143. The lowest BCUT2D eigenvalue weighted by Gasteiger charge is -1.98. The van der Waals surface area contributed by atoms with Crippen LogP contribution in [0.4, 0.5) is 0 Å². The molecule has 0 bridgehead atoms. The average molecular weight is 155 g/mol. The molecule has 1 aliphatic carbocycles. The van der Waals surface area contributed by atoms with Gasteiger partial charge in [-0.1, -0.05) is 17.7 Å². The third-order valence-electron chi connectivity index (χ3n) is 1.26. The molecule has 1 aliphatic rings. The van der Waals surface area contributed by atoms with Crippen LogP contribution in [0.25, 0.3) is 0 Å². The van der Waals surface area contributed by atoms with Gasteiger partial charge in [0.1, 0.15) is 0 Å². The SMILES string of the molecule is [CH2]C1=CCC(=S(=O)=O)C=C1. The molecule has 0 aromatic heterocycles. The Labute approximate surface area is 61.4 Å². The maximum absolute atomic E-state index is 10.3. The van der Waals surface area contributed by atoms with Gasteiger partial charge in [-0.3, -0.25) is 0 Å². The van der Waals surface area contributed by atoms with E-state index in [1.165, 1.54) is 0 Å². The molecular weight excluding hydrogens is 148 g/mol. The van der Waals surface area contributed by atoms with Crippen molar-refractivity contribution in [3.63, 3.8) is 0 Å². The van der Waals surface area contributed by atoms with Crippen LogP contribution < -0.4 is 0 Å². The van der Waals surface area contributed by atoms with Gasteiger partial charge in [0.15, 0.2) is 0 Å². The summed E-state index contributed by atoms with van der Waals surface area (Å²) in [5, 5.41) is 0. The molecule has 0 heterocycles. The molecule has 0 aliphatic heterocycles. The Kier molecular flexibility index (Phi) is 2.06. The molecule has 0 aromatic rings. The molecule has 1 radical (unpaired) electrons. The van der Waals surface area contributed by atoms with Crippen molar-refractivity contribution in [1.29, 1.82) is 0 Å². The van der Waals surface area contributed by atoms with Crippen molar-refractivity contribution in [1.82, 2.24) is 0 Å². The molecule has 0 saturated carbocycles. The van der Waals surface area contributed by atoms with Crippen molar-refractivity contribution in [2.24, 2.45) is 0 Å². The molecule has 0 atom stereocenters. The van der Waals surface area contributed by atoms with Crippen LogP contribution in [0.2, 0.25) is 0 Å². The first-order valence-electron chi connectivity index (χ1n) is 2.85. The van der Waals surface area contributed by atoms with E-state index in [4.69, 9.17) is 0 Å². The third kappa shape index (κ3) is 1.57. The molecular formula is C7H7O2S. The van der Waals surface area contributed by atoms with Crippen LogP contribution in [0.15, 0.2) is 23.8 Å². The summed E-state index contributed by atoms with van der Waals surface area (Å²) in [5.74, 6) is 0. The van der Waals surface area contributed by atoms with E-state index >= 15 is 0 Å². The van der Waals surface area contributed by atoms with Gasteiger partial charge in [-0.2, -0.15) is 8.42 Å². The van der Waals surface area contributed by atoms with Crippen molar-refractivity contribution in [2.45, 2.75) is 6.42 Å².